The van der Waals surface area contributed by atoms with Crippen molar-refractivity contribution >= 4 is 33.7 Å². The summed E-state index contributed by atoms with van der Waals surface area (Å²) in [4.78, 5) is 36.4. The van der Waals surface area contributed by atoms with E-state index in [0.717, 1.165) is 10.0 Å². The first-order valence-electron chi connectivity index (χ1n) is 8.10. The van der Waals surface area contributed by atoms with Crippen LogP contribution in [0.15, 0.2) is 59.1 Å². The quantitative estimate of drug-likeness (QED) is 0.760. The third-order valence-electron chi connectivity index (χ3n) is 4.03. The van der Waals surface area contributed by atoms with Gasteiger partial charge in [0.25, 0.3) is 5.91 Å². The maximum Gasteiger partial charge on any atom is 0.311 e. The summed E-state index contributed by atoms with van der Waals surface area (Å²) < 4.78 is 6.24. The molecule has 1 saturated heterocycles. The van der Waals surface area contributed by atoms with Gasteiger partial charge in [0.1, 0.15) is 6.61 Å². The topological polar surface area (TPSA) is 75.7 Å². The second kappa shape index (κ2) is 8.14. The van der Waals surface area contributed by atoms with Crippen LogP contribution >= 0.6 is 15.9 Å². The van der Waals surface area contributed by atoms with E-state index in [1.54, 1.807) is 30.3 Å². The Morgan fingerprint density at radius 1 is 1.12 bits per heavy atom. The van der Waals surface area contributed by atoms with Crippen LogP contribution in [0.5, 0.6) is 0 Å². The molecule has 1 heterocycles. The van der Waals surface area contributed by atoms with Gasteiger partial charge in [-0.1, -0.05) is 46.3 Å². The number of carbonyl (C=O) groups excluding carboxylic acids is 3. The lowest BCUT2D eigenvalue weighted by Gasteiger charge is -2.17. The van der Waals surface area contributed by atoms with Gasteiger partial charge < -0.3 is 4.74 Å². The molecule has 7 heteroatoms. The molecule has 2 aromatic rings. The maximum absolute atomic E-state index is 12.2. The summed E-state index contributed by atoms with van der Waals surface area (Å²) in [6, 6.07) is 16.0. The number of nitrogens with zero attached hydrogens (tertiary/aromatic N) is 1. The van der Waals surface area contributed by atoms with Crippen LogP contribution in [0, 0.1) is 5.92 Å². The van der Waals surface area contributed by atoms with Crippen LogP contribution in [0.2, 0.25) is 0 Å². The Morgan fingerprint density at radius 3 is 2.50 bits per heavy atom. The van der Waals surface area contributed by atoms with Gasteiger partial charge in [0.15, 0.2) is 0 Å². The lowest BCUT2D eigenvalue weighted by molar-refractivity contribution is -0.149. The van der Waals surface area contributed by atoms with E-state index in [4.69, 9.17) is 4.74 Å². The van der Waals surface area contributed by atoms with Gasteiger partial charge in [-0.25, -0.2) is 0 Å². The van der Waals surface area contributed by atoms with Crippen molar-refractivity contribution in [1.29, 1.82) is 0 Å². The highest BCUT2D eigenvalue weighted by atomic mass is 79.9. The second-order valence-electron chi connectivity index (χ2n) is 5.95. The highest BCUT2D eigenvalue weighted by Gasteiger charge is 2.36. The van der Waals surface area contributed by atoms with Gasteiger partial charge in [0.2, 0.25) is 5.91 Å². The zero-order valence-electron chi connectivity index (χ0n) is 13.9. The molecule has 1 N–H and O–H groups in total. The Kier molecular flexibility index (Phi) is 5.68. The smallest absolute Gasteiger partial charge is 0.311 e. The van der Waals surface area contributed by atoms with Gasteiger partial charge in [-0.3, -0.25) is 24.8 Å². The lowest BCUT2D eigenvalue weighted by atomic mass is 10.1. The van der Waals surface area contributed by atoms with Gasteiger partial charge in [0, 0.05) is 16.5 Å². The van der Waals surface area contributed by atoms with E-state index in [0.29, 0.717) is 5.56 Å². The SMILES string of the molecule is O=C(NN1C[C@H](C(=O)OCc2ccc(Br)cc2)CC1=O)c1ccccc1. The summed E-state index contributed by atoms with van der Waals surface area (Å²) in [6.07, 6.45) is 0.0221. The van der Waals surface area contributed by atoms with Crippen LogP contribution in [-0.2, 0) is 20.9 Å². The minimum absolute atomic E-state index is 0.0221. The number of rotatable bonds is 5. The fraction of sp³-hybridized carbons (Fsp3) is 0.211. The fourth-order valence-corrected chi connectivity index (χ4v) is 2.87. The van der Waals surface area contributed by atoms with Gasteiger partial charge >= 0.3 is 5.97 Å². The van der Waals surface area contributed by atoms with E-state index in [1.807, 2.05) is 24.3 Å². The third kappa shape index (κ3) is 4.49. The molecule has 2 aromatic carbocycles. The van der Waals surface area contributed by atoms with Crippen LogP contribution in [0.3, 0.4) is 0 Å². The van der Waals surface area contributed by atoms with Crippen molar-refractivity contribution in [3.05, 3.63) is 70.2 Å². The first-order chi connectivity index (χ1) is 12.5. The van der Waals surface area contributed by atoms with Crippen molar-refractivity contribution < 1.29 is 19.1 Å². The molecule has 0 aliphatic carbocycles. The first-order valence-corrected chi connectivity index (χ1v) is 8.89. The molecule has 0 bridgehead atoms. The zero-order valence-corrected chi connectivity index (χ0v) is 15.4. The standard InChI is InChI=1S/C19H17BrN2O4/c20-16-8-6-13(7-9-16)12-26-19(25)15-10-17(23)22(11-15)21-18(24)14-4-2-1-3-5-14/h1-9,15H,10-12H2,(H,21,24)/t15-/m1/s1. The van der Waals surface area contributed by atoms with Gasteiger partial charge in [0.05, 0.1) is 12.5 Å². The Hall–Kier alpha value is -2.67. The van der Waals surface area contributed by atoms with Crippen molar-refractivity contribution in [2.24, 2.45) is 5.92 Å². The number of hydrogen-bond donors (Lipinski definition) is 1. The summed E-state index contributed by atoms with van der Waals surface area (Å²) in [7, 11) is 0. The van der Waals surface area contributed by atoms with E-state index in [2.05, 4.69) is 21.4 Å². The van der Waals surface area contributed by atoms with Crippen molar-refractivity contribution in [2.75, 3.05) is 6.54 Å². The number of hydrogen-bond acceptors (Lipinski definition) is 4. The van der Waals surface area contributed by atoms with Crippen LogP contribution < -0.4 is 5.43 Å². The van der Waals surface area contributed by atoms with Gasteiger partial charge in [-0.15, -0.1) is 0 Å². The number of nitrogens with one attached hydrogen (secondary N) is 1. The fourth-order valence-electron chi connectivity index (χ4n) is 2.60. The lowest BCUT2D eigenvalue weighted by Crippen LogP contribution is -2.43. The molecule has 0 spiro atoms. The highest BCUT2D eigenvalue weighted by Crippen LogP contribution is 2.19. The maximum atomic E-state index is 12.2. The van der Waals surface area contributed by atoms with E-state index in [1.165, 1.54) is 5.01 Å². The van der Waals surface area contributed by atoms with Gasteiger partial charge in [-0.05, 0) is 29.8 Å². The van der Waals surface area contributed by atoms with E-state index < -0.39 is 11.9 Å². The molecule has 2 amide bonds. The summed E-state index contributed by atoms with van der Waals surface area (Å²) in [5.41, 5.74) is 3.85. The monoisotopic (exact) mass is 416 g/mol. The molecule has 1 aliphatic rings. The predicted octanol–water partition coefficient (Wildman–Crippen LogP) is 2.69. The summed E-state index contributed by atoms with van der Waals surface area (Å²) in [5, 5.41) is 1.18. The molecular formula is C19H17BrN2O4. The number of hydrazine groups is 1. The van der Waals surface area contributed by atoms with Crippen LogP contribution in [0.1, 0.15) is 22.3 Å². The number of esters is 1. The normalized spacial score (nSPS) is 16.4. The predicted molar refractivity (Wildman–Crippen MR) is 97.7 cm³/mol. The Labute approximate surface area is 159 Å². The summed E-state index contributed by atoms with van der Waals surface area (Å²) in [5.74, 6) is -1.73. The number of carbonyl (C=O) groups is 3. The molecule has 3 rings (SSSR count). The molecule has 0 radical (unpaired) electrons. The van der Waals surface area contributed by atoms with Crippen molar-refractivity contribution in [2.45, 2.75) is 13.0 Å². The Morgan fingerprint density at radius 2 is 1.81 bits per heavy atom. The molecule has 0 aromatic heterocycles. The molecule has 0 saturated carbocycles. The van der Waals surface area contributed by atoms with E-state index >= 15 is 0 Å². The Balaban J connectivity index is 1.52. The number of ether oxygens (including phenoxy) is 1. The van der Waals surface area contributed by atoms with Gasteiger partial charge in [-0.2, -0.15) is 0 Å². The molecular weight excluding hydrogens is 400 g/mol. The molecule has 1 aliphatic heterocycles. The van der Waals surface area contributed by atoms with Crippen LogP contribution in [-0.4, -0.2) is 29.3 Å². The molecule has 6 nitrogen and oxygen atoms in total. The van der Waals surface area contributed by atoms with Crippen LogP contribution in [0.25, 0.3) is 0 Å². The molecule has 26 heavy (non-hydrogen) atoms. The average molecular weight is 417 g/mol. The van der Waals surface area contributed by atoms with Crippen molar-refractivity contribution in [1.82, 2.24) is 10.4 Å². The minimum Gasteiger partial charge on any atom is -0.461 e. The molecule has 1 atom stereocenters. The van der Waals surface area contributed by atoms with Crippen molar-refractivity contribution in [3.8, 4) is 0 Å². The van der Waals surface area contributed by atoms with E-state index in [9.17, 15) is 14.4 Å². The first kappa shape index (κ1) is 18.1. The molecule has 0 unspecified atom stereocenters. The Bertz CT molecular complexity index is 808. The average Bonchev–Trinajstić information content (AvgIpc) is 3.02. The van der Waals surface area contributed by atoms with E-state index in [-0.39, 0.29) is 31.4 Å². The second-order valence-corrected chi connectivity index (χ2v) is 6.86. The summed E-state index contributed by atoms with van der Waals surface area (Å²) in [6.45, 7) is 0.254. The molecule has 134 valence electrons. The number of amides is 2. The number of benzene rings is 2. The zero-order chi connectivity index (χ0) is 18.5. The van der Waals surface area contributed by atoms with Crippen molar-refractivity contribution in [3.63, 3.8) is 0 Å². The number of halogens is 1. The third-order valence-corrected chi connectivity index (χ3v) is 4.55. The molecule has 1 fully saturated rings. The highest BCUT2D eigenvalue weighted by molar-refractivity contribution is 9.10. The minimum atomic E-state index is -0.589. The summed E-state index contributed by atoms with van der Waals surface area (Å²) >= 11 is 3.34. The van der Waals surface area contributed by atoms with Crippen LogP contribution in [0.4, 0.5) is 0 Å². The largest absolute Gasteiger partial charge is 0.461 e.